The summed E-state index contributed by atoms with van der Waals surface area (Å²) in [6.07, 6.45) is 0. The monoisotopic (exact) mass is 362 g/mol. The average Bonchev–Trinajstić information content (AvgIpc) is 2.33. The Kier molecular flexibility index (Phi) is 6.45. The van der Waals surface area contributed by atoms with E-state index in [1.54, 1.807) is 18.2 Å². The number of amides is 1. The van der Waals surface area contributed by atoms with Gasteiger partial charge in [0.1, 0.15) is 6.54 Å². The quantitative estimate of drug-likeness (QED) is 0.841. The average molecular weight is 364 g/mol. The van der Waals surface area contributed by atoms with Crippen molar-refractivity contribution >= 4 is 39.4 Å². The lowest BCUT2D eigenvalue weighted by Crippen LogP contribution is -2.40. The molecule has 0 bridgehead atoms. The minimum atomic E-state index is -1.05. The number of benzene rings is 1. The molecule has 0 saturated heterocycles. The number of carboxylic acid groups (broad SMARTS) is 1. The Bertz CT molecular complexity index is 508. The van der Waals surface area contributed by atoms with Gasteiger partial charge in [-0.1, -0.05) is 27.5 Å². The maximum absolute atomic E-state index is 12.4. The molecule has 110 valence electrons. The number of carbonyl (C=O) groups is 2. The third kappa shape index (κ3) is 5.11. The highest BCUT2D eigenvalue weighted by Crippen LogP contribution is 2.22. The van der Waals surface area contributed by atoms with E-state index in [9.17, 15) is 9.59 Å². The Morgan fingerprint density at radius 1 is 1.30 bits per heavy atom. The molecule has 0 aliphatic rings. The fraction of sp³-hybridized carbons (Fsp3) is 0.385. The minimum Gasteiger partial charge on any atom is -0.480 e. The van der Waals surface area contributed by atoms with Crippen LogP contribution in [0.1, 0.15) is 10.4 Å². The first-order valence-electron chi connectivity index (χ1n) is 5.92. The second-order valence-electron chi connectivity index (χ2n) is 4.55. The van der Waals surface area contributed by atoms with Crippen LogP contribution in [-0.4, -0.2) is 60.5 Å². The van der Waals surface area contributed by atoms with Crippen molar-refractivity contribution in [2.45, 2.75) is 0 Å². The predicted octanol–water partition coefficient (Wildman–Crippen LogP) is 2.19. The van der Waals surface area contributed by atoms with Gasteiger partial charge in [0, 0.05) is 17.6 Å². The molecular formula is C13H16BrClN2O3. The molecule has 20 heavy (non-hydrogen) atoms. The van der Waals surface area contributed by atoms with Crippen LogP contribution in [0.4, 0.5) is 0 Å². The Balaban J connectivity index is 2.93. The summed E-state index contributed by atoms with van der Waals surface area (Å²) in [5.41, 5.74) is 0.301. The molecule has 0 heterocycles. The van der Waals surface area contributed by atoms with Gasteiger partial charge >= 0.3 is 5.97 Å². The molecule has 0 aliphatic carbocycles. The molecule has 0 aromatic heterocycles. The number of hydrogen-bond acceptors (Lipinski definition) is 3. The summed E-state index contributed by atoms with van der Waals surface area (Å²) in [5, 5.41) is 9.21. The fourth-order valence-corrected chi connectivity index (χ4v) is 2.32. The zero-order chi connectivity index (χ0) is 15.3. The van der Waals surface area contributed by atoms with Gasteiger partial charge in [-0.25, -0.2) is 0 Å². The van der Waals surface area contributed by atoms with Gasteiger partial charge in [0.2, 0.25) is 0 Å². The summed E-state index contributed by atoms with van der Waals surface area (Å²) in [7, 11) is 3.71. The zero-order valence-corrected chi connectivity index (χ0v) is 13.6. The van der Waals surface area contributed by atoms with E-state index in [2.05, 4.69) is 15.9 Å². The highest BCUT2D eigenvalue weighted by atomic mass is 79.9. The molecule has 1 aromatic rings. The number of aliphatic carboxylic acids is 1. The molecular weight excluding hydrogens is 348 g/mol. The van der Waals surface area contributed by atoms with E-state index >= 15 is 0 Å². The molecule has 0 unspecified atom stereocenters. The van der Waals surface area contributed by atoms with Crippen molar-refractivity contribution in [1.82, 2.24) is 9.80 Å². The summed E-state index contributed by atoms with van der Waals surface area (Å²) < 4.78 is 0.761. The van der Waals surface area contributed by atoms with Crippen molar-refractivity contribution in [3.8, 4) is 0 Å². The molecule has 0 spiro atoms. The summed E-state index contributed by atoms with van der Waals surface area (Å²) in [4.78, 5) is 26.4. The topological polar surface area (TPSA) is 60.9 Å². The molecule has 7 heteroatoms. The third-order valence-electron chi connectivity index (χ3n) is 2.59. The highest BCUT2D eigenvalue weighted by Gasteiger charge is 2.20. The van der Waals surface area contributed by atoms with Crippen LogP contribution in [0, 0.1) is 0 Å². The number of nitrogens with zero attached hydrogens (tertiary/aromatic N) is 2. The van der Waals surface area contributed by atoms with Crippen molar-refractivity contribution in [2.24, 2.45) is 0 Å². The number of rotatable bonds is 6. The molecule has 1 rings (SSSR count). The second kappa shape index (κ2) is 7.61. The number of likely N-dealkylation sites (N-methyl/N-ethyl adjacent to an activating group) is 1. The fourth-order valence-electron chi connectivity index (χ4n) is 1.57. The van der Waals surface area contributed by atoms with Gasteiger partial charge in [0.05, 0.1) is 10.6 Å². The van der Waals surface area contributed by atoms with Crippen LogP contribution in [0.5, 0.6) is 0 Å². The molecule has 5 nitrogen and oxygen atoms in total. The molecule has 0 radical (unpaired) electrons. The molecule has 0 aliphatic heterocycles. The van der Waals surface area contributed by atoms with Crippen LogP contribution >= 0.6 is 27.5 Å². The Hall–Kier alpha value is -1.11. The maximum atomic E-state index is 12.4. The van der Waals surface area contributed by atoms with Crippen LogP contribution in [-0.2, 0) is 4.79 Å². The number of carboxylic acids is 1. The SMILES string of the molecule is CN(C)CCN(CC(=O)O)C(=O)c1ccc(Br)cc1Cl. The van der Waals surface area contributed by atoms with E-state index in [4.69, 9.17) is 16.7 Å². The summed E-state index contributed by atoms with van der Waals surface area (Å²) in [6.45, 7) is 0.552. The van der Waals surface area contributed by atoms with Crippen LogP contribution in [0.25, 0.3) is 0 Å². The van der Waals surface area contributed by atoms with Gasteiger partial charge in [0.15, 0.2) is 0 Å². The summed E-state index contributed by atoms with van der Waals surface area (Å²) in [5.74, 6) is -1.43. The maximum Gasteiger partial charge on any atom is 0.323 e. The first-order valence-corrected chi connectivity index (χ1v) is 7.09. The predicted molar refractivity (Wildman–Crippen MR) is 81.2 cm³/mol. The van der Waals surface area contributed by atoms with E-state index in [1.807, 2.05) is 19.0 Å². The normalized spacial score (nSPS) is 10.7. The molecule has 0 atom stereocenters. The largest absolute Gasteiger partial charge is 0.480 e. The van der Waals surface area contributed by atoms with E-state index in [0.717, 1.165) is 4.47 Å². The second-order valence-corrected chi connectivity index (χ2v) is 5.87. The van der Waals surface area contributed by atoms with Gasteiger partial charge < -0.3 is 14.9 Å². The lowest BCUT2D eigenvalue weighted by Gasteiger charge is -2.23. The molecule has 1 N–H and O–H groups in total. The van der Waals surface area contributed by atoms with Crippen molar-refractivity contribution in [1.29, 1.82) is 0 Å². The van der Waals surface area contributed by atoms with Crippen LogP contribution in [0.15, 0.2) is 22.7 Å². The first-order chi connectivity index (χ1) is 9.31. The number of halogens is 2. The van der Waals surface area contributed by atoms with Gasteiger partial charge in [0.25, 0.3) is 5.91 Å². The van der Waals surface area contributed by atoms with Gasteiger partial charge in [-0.05, 0) is 32.3 Å². The molecule has 0 fully saturated rings. The third-order valence-corrected chi connectivity index (χ3v) is 3.40. The van der Waals surface area contributed by atoms with E-state index in [1.165, 1.54) is 4.90 Å². The summed E-state index contributed by atoms with van der Waals surface area (Å²) in [6, 6.07) is 4.89. The molecule has 0 saturated carbocycles. The van der Waals surface area contributed by atoms with Crippen LogP contribution in [0.2, 0.25) is 5.02 Å². The Labute approximate surface area is 131 Å². The minimum absolute atomic E-state index is 0.296. The van der Waals surface area contributed by atoms with Gasteiger partial charge in [-0.3, -0.25) is 9.59 Å². The number of hydrogen-bond donors (Lipinski definition) is 1. The zero-order valence-electron chi connectivity index (χ0n) is 11.3. The van der Waals surface area contributed by atoms with E-state index in [0.29, 0.717) is 23.7 Å². The smallest absolute Gasteiger partial charge is 0.323 e. The highest BCUT2D eigenvalue weighted by molar-refractivity contribution is 9.10. The Morgan fingerprint density at radius 2 is 1.95 bits per heavy atom. The lowest BCUT2D eigenvalue weighted by molar-refractivity contribution is -0.137. The number of carbonyl (C=O) groups excluding carboxylic acids is 1. The van der Waals surface area contributed by atoms with Crippen molar-refractivity contribution < 1.29 is 14.7 Å². The lowest BCUT2D eigenvalue weighted by atomic mass is 10.2. The van der Waals surface area contributed by atoms with Gasteiger partial charge in [-0.2, -0.15) is 0 Å². The van der Waals surface area contributed by atoms with Crippen molar-refractivity contribution in [3.63, 3.8) is 0 Å². The van der Waals surface area contributed by atoms with E-state index < -0.39 is 5.97 Å². The van der Waals surface area contributed by atoms with Crippen molar-refractivity contribution in [2.75, 3.05) is 33.7 Å². The van der Waals surface area contributed by atoms with E-state index in [-0.39, 0.29) is 12.5 Å². The molecule has 1 aromatic carbocycles. The first kappa shape index (κ1) is 16.9. The van der Waals surface area contributed by atoms with Crippen LogP contribution < -0.4 is 0 Å². The van der Waals surface area contributed by atoms with Crippen molar-refractivity contribution in [3.05, 3.63) is 33.3 Å². The summed E-state index contributed by atoms with van der Waals surface area (Å²) >= 11 is 9.29. The standard InChI is InChI=1S/C13H16BrClN2O3/c1-16(2)5-6-17(8-12(18)19)13(20)10-4-3-9(14)7-11(10)15/h3-4,7H,5-6,8H2,1-2H3,(H,18,19). The van der Waals surface area contributed by atoms with Crippen LogP contribution in [0.3, 0.4) is 0 Å². The Morgan fingerprint density at radius 3 is 2.45 bits per heavy atom. The van der Waals surface area contributed by atoms with Gasteiger partial charge in [-0.15, -0.1) is 0 Å². The molecule has 1 amide bonds.